The first-order chi connectivity index (χ1) is 15.2. The lowest BCUT2D eigenvalue weighted by molar-refractivity contribution is -0.137. The first-order valence-electron chi connectivity index (χ1n) is 10.3. The summed E-state index contributed by atoms with van der Waals surface area (Å²) in [6.07, 6.45) is 7.53. The van der Waals surface area contributed by atoms with Gasteiger partial charge in [-0.05, 0) is 44.6 Å². The molecule has 0 aromatic heterocycles. The van der Waals surface area contributed by atoms with Crippen molar-refractivity contribution >= 4 is 29.7 Å². The number of carboxylic acids is 2. The topological polar surface area (TPSA) is 174 Å². The third-order valence-electron chi connectivity index (χ3n) is 4.56. The van der Waals surface area contributed by atoms with Crippen molar-refractivity contribution in [3.05, 3.63) is 36.6 Å². The number of carboxylic acid groups (broad SMARTS) is 2. The molecule has 0 radical (unpaired) electrons. The van der Waals surface area contributed by atoms with E-state index >= 15 is 0 Å². The maximum atomic E-state index is 12.2. The van der Waals surface area contributed by atoms with Crippen molar-refractivity contribution < 1.29 is 34.2 Å². The van der Waals surface area contributed by atoms with Gasteiger partial charge in [-0.3, -0.25) is 14.4 Å². The molecule has 11 nitrogen and oxygen atoms in total. The van der Waals surface area contributed by atoms with Gasteiger partial charge >= 0.3 is 11.9 Å². The van der Waals surface area contributed by atoms with E-state index in [1.807, 2.05) is 0 Å². The fourth-order valence-corrected chi connectivity index (χ4v) is 2.93. The highest BCUT2D eigenvalue weighted by molar-refractivity contribution is 5.96. The molecule has 0 bridgehead atoms. The second kappa shape index (κ2) is 14.4. The zero-order valence-corrected chi connectivity index (χ0v) is 17.8. The molecule has 1 aliphatic rings. The molecule has 0 aliphatic carbocycles. The van der Waals surface area contributed by atoms with Gasteiger partial charge in [0, 0.05) is 37.0 Å². The molecule has 0 aromatic rings. The van der Waals surface area contributed by atoms with E-state index in [1.54, 1.807) is 0 Å². The second-order valence-electron chi connectivity index (χ2n) is 7.20. The molecule has 32 heavy (non-hydrogen) atoms. The van der Waals surface area contributed by atoms with Gasteiger partial charge in [-0.1, -0.05) is 6.58 Å². The Labute approximate surface area is 186 Å². The molecule has 0 aromatic carbocycles. The van der Waals surface area contributed by atoms with Gasteiger partial charge in [-0.2, -0.15) is 0 Å². The molecule has 6 N–H and O–H groups in total. The average Bonchev–Trinajstić information content (AvgIpc) is 2.73. The monoisotopic (exact) mass is 450 g/mol. The van der Waals surface area contributed by atoms with Crippen molar-refractivity contribution in [1.29, 1.82) is 0 Å². The number of carbonyl (C=O) groups is 5. The van der Waals surface area contributed by atoms with Crippen molar-refractivity contribution in [3.8, 4) is 0 Å². The summed E-state index contributed by atoms with van der Waals surface area (Å²) in [6, 6.07) is -1.21. The highest BCUT2D eigenvalue weighted by Crippen LogP contribution is 2.10. The standard InChI is InChI=1S/C21H30N4O7/c1-14(8-10-18(27)28)22-12-4-2-6-15-20(31)25-16(21(32)24-15)7-3-5-13-23-17(26)9-11-19(29)30/h8-11,15-16,22H,1-7,12-13H2,(H,23,26)(H,24,32)(H,25,31)(H,27,28)(H,29,30)/b10-8+,11-9+. The van der Waals surface area contributed by atoms with Crippen LogP contribution in [0.3, 0.4) is 0 Å². The molecule has 2 unspecified atom stereocenters. The Balaban J connectivity index is 2.20. The van der Waals surface area contributed by atoms with Crippen LogP contribution in [0, 0.1) is 0 Å². The van der Waals surface area contributed by atoms with Crippen LogP contribution in [0.4, 0.5) is 0 Å². The van der Waals surface area contributed by atoms with Crippen LogP contribution in [0.2, 0.25) is 0 Å². The van der Waals surface area contributed by atoms with Crippen LogP contribution in [0.15, 0.2) is 36.6 Å². The van der Waals surface area contributed by atoms with E-state index in [0.29, 0.717) is 50.9 Å². The van der Waals surface area contributed by atoms with Gasteiger partial charge in [-0.15, -0.1) is 0 Å². The summed E-state index contributed by atoms with van der Waals surface area (Å²) in [6.45, 7) is 4.58. The van der Waals surface area contributed by atoms with Crippen LogP contribution < -0.4 is 21.3 Å². The number of nitrogens with one attached hydrogen (secondary N) is 4. The highest BCUT2D eigenvalue weighted by atomic mass is 16.4. The third-order valence-corrected chi connectivity index (χ3v) is 4.56. The maximum Gasteiger partial charge on any atom is 0.328 e. The number of hydrogen-bond donors (Lipinski definition) is 6. The third kappa shape index (κ3) is 11.5. The molecule has 0 spiro atoms. The number of hydrogen-bond acceptors (Lipinski definition) is 6. The summed E-state index contributed by atoms with van der Waals surface area (Å²) < 4.78 is 0. The highest BCUT2D eigenvalue weighted by Gasteiger charge is 2.32. The molecule has 176 valence electrons. The van der Waals surface area contributed by atoms with Crippen molar-refractivity contribution in [2.75, 3.05) is 13.1 Å². The number of aliphatic carboxylic acids is 2. The van der Waals surface area contributed by atoms with E-state index in [4.69, 9.17) is 10.2 Å². The first-order valence-corrected chi connectivity index (χ1v) is 10.3. The summed E-state index contributed by atoms with van der Waals surface area (Å²) in [4.78, 5) is 56.6. The Kier molecular flexibility index (Phi) is 11.9. The Morgan fingerprint density at radius 3 is 1.75 bits per heavy atom. The molecule has 0 saturated carbocycles. The van der Waals surface area contributed by atoms with Crippen LogP contribution in [0.5, 0.6) is 0 Å². The maximum absolute atomic E-state index is 12.2. The van der Waals surface area contributed by atoms with Crippen molar-refractivity contribution in [1.82, 2.24) is 21.3 Å². The first kappa shape index (κ1) is 26.4. The van der Waals surface area contributed by atoms with Gasteiger partial charge in [0.05, 0.1) is 0 Å². The lowest BCUT2D eigenvalue weighted by atomic mass is 10.0. The fourth-order valence-electron chi connectivity index (χ4n) is 2.93. The average molecular weight is 450 g/mol. The van der Waals surface area contributed by atoms with Crippen LogP contribution >= 0.6 is 0 Å². The molecule has 1 aliphatic heterocycles. The molecule has 1 fully saturated rings. The largest absolute Gasteiger partial charge is 0.478 e. The van der Waals surface area contributed by atoms with Crippen LogP contribution in [-0.2, 0) is 24.0 Å². The molecular weight excluding hydrogens is 420 g/mol. The molecule has 2 atom stereocenters. The number of unbranched alkanes of at least 4 members (excludes halogenated alkanes) is 2. The summed E-state index contributed by atoms with van der Waals surface area (Å²) >= 11 is 0. The van der Waals surface area contributed by atoms with Gasteiger partial charge in [0.25, 0.3) is 0 Å². The number of rotatable bonds is 15. The number of allylic oxidation sites excluding steroid dienone is 1. The number of amides is 3. The van der Waals surface area contributed by atoms with Gasteiger partial charge < -0.3 is 31.5 Å². The van der Waals surface area contributed by atoms with Crippen molar-refractivity contribution in [2.45, 2.75) is 50.6 Å². The van der Waals surface area contributed by atoms with E-state index in [9.17, 15) is 24.0 Å². The molecule has 1 saturated heterocycles. The van der Waals surface area contributed by atoms with Crippen LogP contribution in [0.25, 0.3) is 0 Å². The summed E-state index contributed by atoms with van der Waals surface area (Å²) in [5, 5.41) is 28.0. The van der Waals surface area contributed by atoms with E-state index in [2.05, 4.69) is 27.8 Å². The Hall–Kier alpha value is -3.63. The lowest BCUT2D eigenvalue weighted by Crippen LogP contribution is -2.61. The molecule has 1 heterocycles. The number of carbonyl (C=O) groups excluding carboxylic acids is 3. The molecule has 11 heteroatoms. The summed E-state index contributed by atoms with van der Waals surface area (Å²) in [5.41, 5.74) is 0.482. The minimum Gasteiger partial charge on any atom is -0.478 e. The molecule has 1 rings (SSSR count). The Morgan fingerprint density at radius 1 is 0.781 bits per heavy atom. The van der Waals surface area contributed by atoms with Crippen LogP contribution in [0.1, 0.15) is 38.5 Å². The fraction of sp³-hybridized carbons (Fsp3) is 0.476. The Morgan fingerprint density at radius 2 is 1.25 bits per heavy atom. The lowest BCUT2D eigenvalue weighted by Gasteiger charge is -2.29. The Bertz CT molecular complexity index is 712. The predicted octanol–water partition coefficient (Wildman–Crippen LogP) is -0.189. The van der Waals surface area contributed by atoms with E-state index in [1.165, 1.54) is 6.08 Å². The van der Waals surface area contributed by atoms with E-state index in [-0.39, 0.29) is 11.8 Å². The zero-order chi connectivity index (χ0) is 23.9. The van der Waals surface area contributed by atoms with E-state index < -0.39 is 29.9 Å². The zero-order valence-electron chi connectivity index (χ0n) is 17.8. The minimum absolute atomic E-state index is 0.233. The van der Waals surface area contributed by atoms with Crippen molar-refractivity contribution in [3.63, 3.8) is 0 Å². The summed E-state index contributed by atoms with van der Waals surface area (Å²) in [7, 11) is 0. The van der Waals surface area contributed by atoms with E-state index in [0.717, 1.165) is 24.6 Å². The smallest absolute Gasteiger partial charge is 0.328 e. The normalized spacial score (nSPS) is 18.2. The SMILES string of the molecule is C=C(/C=C/C(=O)O)NCCCCC1NC(=O)C(CCCCNC(=O)/C=C/C(=O)O)NC1=O. The quantitative estimate of drug-likeness (QED) is 0.113. The predicted molar refractivity (Wildman–Crippen MR) is 115 cm³/mol. The number of piperazine rings is 1. The molecular formula is C21H30N4O7. The van der Waals surface area contributed by atoms with Crippen molar-refractivity contribution in [2.24, 2.45) is 0 Å². The van der Waals surface area contributed by atoms with Crippen LogP contribution in [-0.4, -0.2) is 65.0 Å². The summed E-state index contributed by atoms with van der Waals surface area (Å²) in [5.74, 6) is -3.24. The van der Waals surface area contributed by atoms with Gasteiger partial charge in [0.2, 0.25) is 17.7 Å². The van der Waals surface area contributed by atoms with Gasteiger partial charge in [0.1, 0.15) is 12.1 Å². The van der Waals surface area contributed by atoms with Gasteiger partial charge in [-0.25, -0.2) is 9.59 Å². The second-order valence-corrected chi connectivity index (χ2v) is 7.20. The molecule has 3 amide bonds. The minimum atomic E-state index is -1.20. The van der Waals surface area contributed by atoms with Gasteiger partial charge in [0.15, 0.2) is 0 Å².